The maximum absolute atomic E-state index is 9.97. The second kappa shape index (κ2) is 5.68. The Morgan fingerprint density at radius 1 is 1.20 bits per heavy atom. The van der Waals surface area contributed by atoms with Crippen LogP contribution < -0.4 is 4.90 Å². The zero-order chi connectivity index (χ0) is 16.8. The van der Waals surface area contributed by atoms with Crippen LogP contribution >= 0.6 is 11.3 Å². The topological polar surface area (TPSA) is 87.2 Å². The second-order valence-electron chi connectivity index (χ2n) is 5.91. The number of fused-ring (bicyclic) bond motifs is 2. The summed E-state index contributed by atoms with van der Waals surface area (Å²) in [4.78, 5) is 11.7. The Morgan fingerprint density at radius 2 is 2.08 bits per heavy atom. The fraction of sp³-hybridized carbons (Fsp3) is 0.235. The van der Waals surface area contributed by atoms with Gasteiger partial charge in [-0.1, -0.05) is 23.5 Å². The Balaban J connectivity index is 1.75. The van der Waals surface area contributed by atoms with Crippen molar-refractivity contribution < 1.29 is 9.84 Å². The van der Waals surface area contributed by atoms with E-state index in [0.29, 0.717) is 19.0 Å². The van der Waals surface area contributed by atoms with Crippen LogP contribution in [-0.2, 0) is 4.74 Å². The Labute approximate surface area is 146 Å². The fourth-order valence-corrected chi connectivity index (χ4v) is 4.03. The molecule has 2 N–H and O–H groups in total. The predicted octanol–water partition coefficient (Wildman–Crippen LogP) is 2.78. The minimum Gasteiger partial charge on any atom is -0.499 e. The molecule has 25 heavy (non-hydrogen) atoms. The number of rotatable bonds is 2. The van der Waals surface area contributed by atoms with Crippen molar-refractivity contribution in [2.45, 2.75) is 0 Å². The van der Waals surface area contributed by atoms with Gasteiger partial charge in [-0.2, -0.15) is 5.10 Å². The largest absolute Gasteiger partial charge is 0.499 e. The van der Waals surface area contributed by atoms with Crippen molar-refractivity contribution in [1.82, 2.24) is 20.2 Å². The lowest BCUT2D eigenvalue weighted by Gasteiger charge is -2.28. The smallest absolute Gasteiger partial charge is 0.174 e. The molecule has 0 atom stereocenters. The van der Waals surface area contributed by atoms with Gasteiger partial charge >= 0.3 is 0 Å². The van der Waals surface area contributed by atoms with Gasteiger partial charge in [0.2, 0.25) is 0 Å². The van der Waals surface area contributed by atoms with Gasteiger partial charge in [0, 0.05) is 30.1 Å². The Kier molecular flexibility index (Phi) is 3.32. The van der Waals surface area contributed by atoms with Gasteiger partial charge < -0.3 is 14.7 Å². The number of ether oxygens (including phenoxy) is 1. The van der Waals surface area contributed by atoms with Gasteiger partial charge in [-0.15, -0.1) is 0 Å². The summed E-state index contributed by atoms with van der Waals surface area (Å²) in [5, 5.41) is 18.3. The van der Waals surface area contributed by atoms with Crippen molar-refractivity contribution in [1.29, 1.82) is 0 Å². The molecule has 1 aliphatic heterocycles. The molecule has 4 heterocycles. The summed E-state index contributed by atoms with van der Waals surface area (Å²) in [5.74, 6) is 1.49. The molecule has 1 saturated heterocycles. The summed E-state index contributed by atoms with van der Waals surface area (Å²) in [5.41, 5.74) is 2.63. The highest BCUT2D eigenvalue weighted by Crippen LogP contribution is 2.38. The lowest BCUT2D eigenvalue weighted by atomic mass is 10.1. The van der Waals surface area contributed by atoms with E-state index in [4.69, 9.17) is 14.7 Å². The quantitative estimate of drug-likeness (QED) is 0.576. The number of hydrogen-bond donors (Lipinski definition) is 2. The number of nitrogens with one attached hydrogen (secondary N) is 1. The van der Waals surface area contributed by atoms with Gasteiger partial charge in [0.25, 0.3) is 0 Å². The molecule has 7 nitrogen and oxygen atoms in total. The number of morpholine rings is 1. The molecule has 1 aliphatic rings. The van der Waals surface area contributed by atoms with Crippen LogP contribution in [0.25, 0.3) is 32.5 Å². The Morgan fingerprint density at radius 3 is 2.96 bits per heavy atom. The van der Waals surface area contributed by atoms with E-state index in [-0.39, 0.29) is 5.06 Å². The predicted molar refractivity (Wildman–Crippen MR) is 97.2 cm³/mol. The van der Waals surface area contributed by atoms with Crippen LogP contribution in [0.2, 0.25) is 0 Å². The second-order valence-corrected chi connectivity index (χ2v) is 6.94. The molecule has 0 amide bonds. The highest BCUT2D eigenvalue weighted by Gasteiger charge is 2.20. The Bertz CT molecular complexity index is 1070. The first kappa shape index (κ1) is 14.6. The van der Waals surface area contributed by atoms with Crippen molar-refractivity contribution in [3.8, 4) is 16.5 Å². The summed E-state index contributed by atoms with van der Waals surface area (Å²) in [6.45, 7) is 2.91. The number of aromatic nitrogens is 4. The summed E-state index contributed by atoms with van der Waals surface area (Å²) < 4.78 is 6.36. The van der Waals surface area contributed by atoms with Crippen molar-refractivity contribution in [3.63, 3.8) is 0 Å². The molecule has 4 aromatic rings. The van der Waals surface area contributed by atoms with E-state index in [9.17, 15) is 5.11 Å². The molecule has 0 saturated carbocycles. The molecule has 8 heteroatoms. The van der Waals surface area contributed by atoms with Crippen LogP contribution in [0.5, 0.6) is 5.06 Å². The Hall–Kier alpha value is -2.71. The van der Waals surface area contributed by atoms with Gasteiger partial charge in [0.15, 0.2) is 16.7 Å². The zero-order valence-electron chi connectivity index (χ0n) is 13.3. The molecular formula is C17H15N5O2S. The van der Waals surface area contributed by atoms with Gasteiger partial charge in [0.05, 0.1) is 35.1 Å². The van der Waals surface area contributed by atoms with Crippen LogP contribution in [0.1, 0.15) is 0 Å². The average molecular weight is 353 g/mol. The first-order chi connectivity index (χ1) is 12.3. The molecule has 0 aliphatic carbocycles. The number of anilines is 1. The lowest BCUT2D eigenvalue weighted by molar-refractivity contribution is 0.122. The number of thiophene rings is 1. The third-order valence-corrected chi connectivity index (χ3v) is 5.30. The van der Waals surface area contributed by atoms with E-state index in [0.717, 1.165) is 45.6 Å². The van der Waals surface area contributed by atoms with Crippen LogP contribution in [-0.4, -0.2) is 51.6 Å². The summed E-state index contributed by atoms with van der Waals surface area (Å²) in [6.07, 6.45) is 1.79. The van der Waals surface area contributed by atoms with Crippen LogP contribution in [0, 0.1) is 0 Å². The van der Waals surface area contributed by atoms with Crippen molar-refractivity contribution >= 4 is 38.3 Å². The minimum absolute atomic E-state index is 0.248. The number of benzene rings is 1. The number of aromatic amines is 1. The van der Waals surface area contributed by atoms with Crippen molar-refractivity contribution in [2.75, 3.05) is 31.2 Å². The van der Waals surface area contributed by atoms with Crippen LogP contribution in [0.3, 0.4) is 0 Å². The fourth-order valence-electron chi connectivity index (χ4n) is 3.18. The highest BCUT2D eigenvalue weighted by molar-refractivity contribution is 7.21. The SMILES string of the molecule is Oc1cc2nc(-c3cccc4[nH]ncc34)nc(N3CCOCC3)c2s1. The molecule has 3 aromatic heterocycles. The third-order valence-electron chi connectivity index (χ3n) is 4.38. The van der Waals surface area contributed by atoms with E-state index in [1.807, 2.05) is 18.2 Å². The standard InChI is InChI=1S/C17H15N5O2S/c23-14-8-13-15(25-14)17(22-4-6-24-7-5-22)20-16(19-13)10-2-1-3-12-11(10)9-18-21-12/h1-3,8-9,23H,4-7H2,(H,18,21). The summed E-state index contributed by atoms with van der Waals surface area (Å²) >= 11 is 1.31. The van der Waals surface area contributed by atoms with Crippen LogP contribution in [0.4, 0.5) is 5.82 Å². The van der Waals surface area contributed by atoms with E-state index < -0.39 is 0 Å². The van der Waals surface area contributed by atoms with Gasteiger partial charge in [-0.05, 0) is 6.07 Å². The van der Waals surface area contributed by atoms with Crippen molar-refractivity contribution in [3.05, 3.63) is 30.5 Å². The lowest BCUT2D eigenvalue weighted by Crippen LogP contribution is -2.36. The maximum Gasteiger partial charge on any atom is 0.174 e. The molecule has 1 fully saturated rings. The average Bonchev–Trinajstić information content (AvgIpc) is 3.26. The van der Waals surface area contributed by atoms with E-state index in [2.05, 4.69) is 15.1 Å². The van der Waals surface area contributed by atoms with E-state index in [1.54, 1.807) is 12.3 Å². The third kappa shape index (κ3) is 2.41. The monoisotopic (exact) mass is 353 g/mol. The normalized spacial score (nSPS) is 15.3. The van der Waals surface area contributed by atoms with Crippen molar-refractivity contribution in [2.24, 2.45) is 0 Å². The number of aromatic hydroxyl groups is 1. The highest BCUT2D eigenvalue weighted by atomic mass is 32.1. The minimum atomic E-state index is 0.248. The maximum atomic E-state index is 9.97. The number of hydrogen-bond acceptors (Lipinski definition) is 7. The van der Waals surface area contributed by atoms with Gasteiger partial charge in [0.1, 0.15) is 0 Å². The summed E-state index contributed by atoms with van der Waals surface area (Å²) in [6, 6.07) is 7.63. The zero-order valence-corrected chi connectivity index (χ0v) is 14.1. The molecule has 0 radical (unpaired) electrons. The van der Waals surface area contributed by atoms with Gasteiger partial charge in [-0.3, -0.25) is 5.10 Å². The molecule has 1 aromatic carbocycles. The molecule has 5 rings (SSSR count). The molecular weight excluding hydrogens is 338 g/mol. The first-order valence-electron chi connectivity index (χ1n) is 8.05. The first-order valence-corrected chi connectivity index (χ1v) is 8.87. The number of H-pyrrole nitrogens is 1. The molecule has 0 bridgehead atoms. The van der Waals surface area contributed by atoms with Crippen LogP contribution in [0.15, 0.2) is 30.5 Å². The molecule has 126 valence electrons. The molecule has 0 unspecified atom stereocenters. The van der Waals surface area contributed by atoms with Gasteiger partial charge in [-0.25, -0.2) is 9.97 Å². The molecule has 0 spiro atoms. The van der Waals surface area contributed by atoms with E-state index in [1.165, 1.54) is 11.3 Å². The summed E-state index contributed by atoms with van der Waals surface area (Å²) in [7, 11) is 0. The number of nitrogens with zero attached hydrogens (tertiary/aromatic N) is 4. The van der Waals surface area contributed by atoms with E-state index >= 15 is 0 Å².